The molecule has 0 saturated carbocycles. The van der Waals surface area contributed by atoms with E-state index in [0.29, 0.717) is 0 Å². The average molecular weight is 255 g/mol. The summed E-state index contributed by atoms with van der Waals surface area (Å²) < 4.78 is 12.6. The fraction of sp³-hybridized carbons (Fsp3) is 0.143. The minimum absolute atomic E-state index is 0. The normalized spacial score (nSPS) is 8.70. The van der Waals surface area contributed by atoms with Crippen molar-refractivity contribution in [2.75, 3.05) is 0 Å². The van der Waals surface area contributed by atoms with Gasteiger partial charge in [0.2, 0.25) is 0 Å². The molecule has 1 aromatic rings. The maximum absolute atomic E-state index is 12.6. The van der Waals surface area contributed by atoms with Gasteiger partial charge in [0.25, 0.3) is 0 Å². The van der Waals surface area contributed by atoms with Crippen molar-refractivity contribution in [3.63, 3.8) is 0 Å². The number of hydrogen-bond donors (Lipinski definition) is 0. The van der Waals surface area contributed by atoms with Crippen LogP contribution < -0.4 is 0 Å². The van der Waals surface area contributed by atoms with E-state index in [-0.39, 0.29) is 22.8 Å². The summed E-state index contributed by atoms with van der Waals surface area (Å²) in [5, 5.41) is 0.896. The van der Waals surface area contributed by atoms with Crippen LogP contribution >= 0.6 is 17.0 Å². The van der Waals surface area contributed by atoms with Crippen molar-refractivity contribution in [2.45, 2.75) is 5.02 Å². The molecular formula is C7H7BrFZn. The minimum atomic E-state index is -0.0660. The first kappa shape index (κ1) is 10.3. The van der Waals surface area contributed by atoms with Gasteiger partial charge in [-0.05, 0) is 0 Å². The molecule has 3 heteroatoms. The first-order chi connectivity index (χ1) is 4.34. The van der Waals surface area contributed by atoms with Gasteiger partial charge in [-0.3, -0.25) is 0 Å². The van der Waals surface area contributed by atoms with Crippen molar-refractivity contribution in [3.8, 4) is 0 Å². The summed E-state index contributed by atoms with van der Waals surface area (Å²) in [6, 6.07) is 6.92. The Kier molecular flexibility index (Phi) is 5.10. The standard InChI is InChI=1S/C7H6F.BrH.Zn/c1-6-4-2-3-5-7(6)8;;/h2-5H,1H2;1H;. The molecule has 0 spiro atoms. The van der Waals surface area contributed by atoms with Crippen LogP contribution in [0.15, 0.2) is 24.3 Å². The summed E-state index contributed by atoms with van der Waals surface area (Å²) in [4.78, 5) is 0. The zero-order valence-electron chi connectivity index (χ0n) is 5.51. The molecular weight excluding hydrogens is 248 g/mol. The van der Waals surface area contributed by atoms with Gasteiger partial charge in [0.1, 0.15) is 0 Å². The molecule has 0 nitrogen and oxygen atoms in total. The van der Waals surface area contributed by atoms with Gasteiger partial charge in [0.05, 0.1) is 0 Å². The first-order valence-corrected chi connectivity index (χ1v) is 4.97. The zero-order valence-corrected chi connectivity index (χ0v) is 10.2. The first-order valence-electron chi connectivity index (χ1n) is 2.87. The van der Waals surface area contributed by atoms with E-state index >= 15 is 0 Å². The Hall–Kier alpha value is 0.253. The molecule has 10 heavy (non-hydrogen) atoms. The van der Waals surface area contributed by atoms with Crippen molar-refractivity contribution < 1.29 is 22.7 Å². The van der Waals surface area contributed by atoms with Crippen LogP contribution in [0.3, 0.4) is 0 Å². The Morgan fingerprint density at radius 2 is 1.90 bits per heavy atom. The van der Waals surface area contributed by atoms with E-state index in [1.54, 1.807) is 6.07 Å². The van der Waals surface area contributed by atoms with Crippen molar-refractivity contribution in [2.24, 2.45) is 0 Å². The van der Waals surface area contributed by atoms with E-state index in [1.807, 2.05) is 12.1 Å². The van der Waals surface area contributed by atoms with Crippen LogP contribution in [0.5, 0.6) is 0 Å². The van der Waals surface area contributed by atoms with E-state index in [1.165, 1.54) is 6.07 Å². The Balaban J connectivity index is 0.000000810. The predicted molar refractivity (Wildman–Crippen MR) is 40.4 cm³/mol. The number of halogens is 2. The molecule has 0 bridgehead atoms. The molecule has 1 aromatic carbocycles. The van der Waals surface area contributed by atoms with Crippen LogP contribution in [0.4, 0.5) is 4.39 Å². The molecule has 0 aliphatic rings. The van der Waals surface area contributed by atoms with Gasteiger partial charge < -0.3 is 0 Å². The van der Waals surface area contributed by atoms with Crippen molar-refractivity contribution in [3.05, 3.63) is 35.6 Å². The second kappa shape index (κ2) is 4.98. The van der Waals surface area contributed by atoms with Crippen molar-refractivity contribution in [1.82, 2.24) is 0 Å². The molecule has 0 atom stereocenters. The van der Waals surface area contributed by atoms with Gasteiger partial charge in [0.15, 0.2) is 0 Å². The molecule has 0 unspecified atom stereocenters. The third-order valence-corrected chi connectivity index (χ3v) is 2.36. The number of hydrogen-bond acceptors (Lipinski definition) is 0. The van der Waals surface area contributed by atoms with Gasteiger partial charge >= 0.3 is 63.4 Å². The molecule has 0 heterocycles. The monoisotopic (exact) mass is 253 g/mol. The average Bonchev–Trinajstić information content (AvgIpc) is 1.89. The van der Waals surface area contributed by atoms with E-state index < -0.39 is 0 Å². The summed E-state index contributed by atoms with van der Waals surface area (Å²) in [6.45, 7) is 0. The Labute approximate surface area is 80.3 Å². The number of rotatable bonds is 1. The van der Waals surface area contributed by atoms with Crippen molar-refractivity contribution in [1.29, 1.82) is 0 Å². The molecule has 0 amide bonds. The van der Waals surface area contributed by atoms with Crippen LogP contribution in [0, 0.1) is 5.82 Å². The Morgan fingerprint density at radius 3 is 2.30 bits per heavy atom. The summed E-state index contributed by atoms with van der Waals surface area (Å²) in [6.07, 6.45) is 0. The molecule has 0 saturated heterocycles. The maximum atomic E-state index is 12.6. The van der Waals surface area contributed by atoms with Gasteiger partial charge in [0, 0.05) is 0 Å². The van der Waals surface area contributed by atoms with Gasteiger partial charge in [-0.25, -0.2) is 0 Å². The van der Waals surface area contributed by atoms with Gasteiger partial charge in [-0.2, -0.15) is 0 Å². The van der Waals surface area contributed by atoms with Crippen LogP contribution in [0.25, 0.3) is 0 Å². The second-order valence-electron chi connectivity index (χ2n) is 1.84. The van der Waals surface area contributed by atoms with Gasteiger partial charge in [-0.15, -0.1) is 17.0 Å². The van der Waals surface area contributed by atoms with E-state index in [2.05, 4.69) is 0 Å². The zero-order chi connectivity index (χ0) is 6.69. The van der Waals surface area contributed by atoms with Crippen molar-refractivity contribution >= 4 is 17.0 Å². The molecule has 0 N–H and O–H groups in total. The fourth-order valence-electron chi connectivity index (χ4n) is 0.701. The molecule has 0 fully saturated rings. The van der Waals surface area contributed by atoms with Gasteiger partial charge in [-0.1, -0.05) is 0 Å². The molecule has 1 rings (SSSR count). The quantitative estimate of drug-likeness (QED) is 0.676. The SMILES string of the molecule is Br.Fc1ccccc1[CH2][Zn]. The van der Waals surface area contributed by atoms with E-state index in [4.69, 9.17) is 0 Å². The summed E-state index contributed by atoms with van der Waals surface area (Å²) >= 11 is 1.13. The molecule has 0 aliphatic heterocycles. The summed E-state index contributed by atoms with van der Waals surface area (Å²) in [5.74, 6) is -0.0660. The van der Waals surface area contributed by atoms with Crippen LogP contribution in [0.2, 0.25) is 0 Å². The topological polar surface area (TPSA) is 0 Å². The van der Waals surface area contributed by atoms with E-state index in [0.717, 1.165) is 28.9 Å². The summed E-state index contributed by atoms with van der Waals surface area (Å²) in [7, 11) is 0. The fourth-order valence-corrected chi connectivity index (χ4v) is 1.55. The third kappa shape index (κ3) is 2.47. The van der Waals surface area contributed by atoms with Crippen LogP contribution in [-0.4, -0.2) is 0 Å². The van der Waals surface area contributed by atoms with Crippen LogP contribution in [0.1, 0.15) is 5.56 Å². The van der Waals surface area contributed by atoms with Crippen LogP contribution in [-0.2, 0) is 23.3 Å². The Morgan fingerprint density at radius 1 is 1.30 bits per heavy atom. The van der Waals surface area contributed by atoms with E-state index in [9.17, 15) is 4.39 Å². The third-order valence-electron chi connectivity index (χ3n) is 1.23. The molecule has 51 valence electrons. The second-order valence-corrected chi connectivity index (χ2v) is 2.89. The predicted octanol–water partition coefficient (Wildman–Crippen LogP) is 2.45. The molecule has 0 aromatic heterocycles. The molecule has 0 aliphatic carbocycles. The molecule has 0 radical (unpaired) electrons. The number of benzene rings is 1. The Bertz CT molecular complexity index is 203. The summed E-state index contributed by atoms with van der Waals surface area (Å²) in [5.41, 5.74) is 0.845.